The quantitative estimate of drug-likeness (QED) is 0.580. The Hall–Kier alpha value is -0.160. The van der Waals surface area contributed by atoms with Gasteiger partial charge in [-0.25, -0.2) is 0 Å². The average molecular weight is 174 g/mol. The van der Waals surface area contributed by atoms with Gasteiger partial charge in [0.15, 0.2) is 6.29 Å². The van der Waals surface area contributed by atoms with Crippen molar-refractivity contribution in [1.29, 1.82) is 0 Å². The molecule has 4 heteroatoms. The lowest BCUT2D eigenvalue weighted by Crippen LogP contribution is -2.45. The molecule has 2 fully saturated rings. The van der Waals surface area contributed by atoms with Gasteiger partial charge in [-0.1, -0.05) is 0 Å². The van der Waals surface area contributed by atoms with Gasteiger partial charge in [0, 0.05) is 13.5 Å². The van der Waals surface area contributed by atoms with Gasteiger partial charge >= 0.3 is 0 Å². The molecule has 2 aliphatic rings. The maximum absolute atomic E-state index is 5.52. The van der Waals surface area contributed by atoms with Crippen LogP contribution in [0, 0.1) is 0 Å². The molecule has 4 atom stereocenters. The van der Waals surface area contributed by atoms with Crippen LogP contribution in [0.25, 0.3) is 0 Å². The minimum Gasteiger partial charge on any atom is -0.356 e. The first kappa shape index (κ1) is 8.44. The Balaban J connectivity index is 2.00. The van der Waals surface area contributed by atoms with Crippen LogP contribution in [0.2, 0.25) is 0 Å². The van der Waals surface area contributed by atoms with E-state index in [1.165, 1.54) is 0 Å². The van der Waals surface area contributed by atoms with E-state index in [9.17, 15) is 0 Å². The largest absolute Gasteiger partial charge is 0.356 e. The van der Waals surface area contributed by atoms with E-state index in [1.807, 2.05) is 6.92 Å². The number of ether oxygens (including phenoxy) is 4. The fourth-order valence-corrected chi connectivity index (χ4v) is 1.76. The Kier molecular flexibility index (Phi) is 2.32. The molecule has 0 aliphatic carbocycles. The first-order valence-corrected chi connectivity index (χ1v) is 4.22. The van der Waals surface area contributed by atoms with Crippen LogP contribution in [0.5, 0.6) is 0 Å². The molecule has 0 radical (unpaired) electrons. The topological polar surface area (TPSA) is 36.9 Å². The van der Waals surface area contributed by atoms with Gasteiger partial charge in [-0.2, -0.15) is 0 Å². The third-order valence-electron chi connectivity index (χ3n) is 2.43. The van der Waals surface area contributed by atoms with Crippen LogP contribution >= 0.6 is 0 Å². The number of hydrogen-bond donors (Lipinski definition) is 0. The predicted octanol–water partition coefficient (Wildman–Crippen LogP) is 0.509. The lowest BCUT2D eigenvalue weighted by molar-refractivity contribution is -0.214. The van der Waals surface area contributed by atoms with E-state index in [2.05, 4.69) is 0 Å². The highest BCUT2D eigenvalue weighted by molar-refractivity contribution is 4.84. The fourth-order valence-electron chi connectivity index (χ4n) is 1.76. The molecule has 2 saturated heterocycles. The molecular weight excluding hydrogens is 160 g/mol. The van der Waals surface area contributed by atoms with Gasteiger partial charge in [-0.3, -0.25) is 0 Å². The van der Waals surface area contributed by atoms with Crippen LogP contribution in [0.3, 0.4) is 0 Å². The van der Waals surface area contributed by atoms with Gasteiger partial charge in [-0.05, 0) is 6.92 Å². The second kappa shape index (κ2) is 3.30. The zero-order chi connectivity index (χ0) is 8.55. The molecule has 2 aliphatic heterocycles. The Morgan fingerprint density at radius 1 is 1.33 bits per heavy atom. The predicted molar refractivity (Wildman–Crippen MR) is 40.6 cm³/mol. The first-order valence-electron chi connectivity index (χ1n) is 4.22. The van der Waals surface area contributed by atoms with E-state index in [-0.39, 0.29) is 24.6 Å². The summed E-state index contributed by atoms with van der Waals surface area (Å²) in [6, 6.07) is 0. The third-order valence-corrected chi connectivity index (χ3v) is 2.43. The maximum Gasteiger partial charge on any atom is 0.160 e. The van der Waals surface area contributed by atoms with Crippen LogP contribution in [-0.4, -0.2) is 38.5 Å². The first-order chi connectivity index (χ1) is 5.81. The number of rotatable bonds is 1. The minimum absolute atomic E-state index is 0.0659. The molecule has 0 amide bonds. The summed E-state index contributed by atoms with van der Waals surface area (Å²) in [4.78, 5) is 0. The normalized spacial score (nSPS) is 47.5. The Morgan fingerprint density at radius 3 is 2.92 bits per heavy atom. The van der Waals surface area contributed by atoms with Crippen molar-refractivity contribution in [1.82, 2.24) is 0 Å². The molecule has 0 aromatic rings. The van der Waals surface area contributed by atoms with Crippen molar-refractivity contribution in [3.63, 3.8) is 0 Å². The van der Waals surface area contributed by atoms with Crippen molar-refractivity contribution in [3.05, 3.63) is 0 Å². The smallest absolute Gasteiger partial charge is 0.160 e. The molecular formula is C8H14O4. The van der Waals surface area contributed by atoms with Crippen molar-refractivity contribution >= 4 is 0 Å². The van der Waals surface area contributed by atoms with Gasteiger partial charge in [0.25, 0.3) is 0 Å². The average Bonchev–Trinajstić information content (AvgIpc) is 2.52. The summed E-state index contributed by atoms with van der Waals surface area (Å²) in [6.45, 7) is 2.37. The van der Waals surface area contributed by atoms with Crippen molar-refractivity contribution in [2.75, 3.05) is 13.9 Å². The Morgan fingerprint density at radius 2 is 2.17 bits per heavy atom. The molecule has 0 spiro atoms. The van der Waals surface area contributed by atoms with E-state index in [4.69, 9.17) is 18.9 Å². The molecule has 0 aromatic carbocycles. The highest BCUT2D eigenvalue weighted by atomic mass is 16.7. The SMILES string of the molecule is CO[C@@H]1C[C@H]2OCO[C@@H]2C(C)O1. The van der Waals surface area contributed by atoms with Crippen LogP contribution in [0.4, 0.5) is 0 Å². The van der Waals surface area contributed by atoms with Crippen LogP contribution in [0.15, 0.2) is 0 Å². The molecule has 12 heavy (non-hydrogen) atoms. The highest BCUT2D eigenvalue weighted by Crippen LogP contribution is 2.28. The van der Waals surface area contributed by atoms with Crippen molar-refractivity contribution < 1.29 is 18.9 Å². The Labute approximate surface area is 71.7 Å². The second-order valence-electron chi connectivity index (χ2n) is 3.20. The van der Waals surface area contributed by atoms with Gasteiger partial charge in [0.1, 0.15) is 12.9 Å². The lowest BCUT2D eigenvalue weighted by Gasteiger charge is -2.33. The van der Waals surface area contributed by atoms with Crippen LogP contribution < -0.4 is 0 Å². The molecule has 2 heterocycles. The van der Waals surface area contributed by atoms with Crippen molar-refractivity contribution in [2.45, 2.75) is 37.9 Å². The standard InChI is InChI=1S/C8H14O4/c1-5-8-6(10-4-11-8)3-7(9-2)12-5/h5-8H,3-4H2,1-2H3/t5?,6-,7+,8-/m1/s1. The molecule has 2 rings (SSSR count). The van der Waals surface area contributed by atoms with Crippen LogP contribution in [0.1, 0.15) is 13.3 Å². The van der Waals surface area contributed by atoms with E-state index < -0.39 is 0 Å². The fraction of sp³-hybridized carbons (Fsp3) is 1.00. The summed E-state index contributed by atoms with van der Waals surface area (Å²) >= 11 is 0. The van der Waals surface area contributed by atoms with Gasteiger partial charge in [0.2, 0.25) is 0 Å². The lowest BCUT2D eigenvalue weighted by atomic mass is 10.0. The molecule has 0 bridgehead atoms. The Bertz CT molecular complexity index is 161. The van der Waals surface area contributed by atoms with Crippen LogP contribution in [-0.2, 0) is 18.9 Å². The summed E-state index contributed by atoms with van der Waals surface area (Å²) in [7, 11) is 1.65. The summed E-state index contributed by atoms with van der Waals surface area (Å²) in [5, 5.41) is 0. The molecule has 0 aromatic heterocycles. The highest BCUT2D eigenvalue weighted by Gasteiger charge is 2.41. The second-order valence-corrected chi connectivity index (χ2v) is 3.20. The summed E-state index contributed by atoms with van der Waals surface area (Å²) in [5.41, 5.74) is 0. The van der Waals surface area contributed by atoms with E-state index in [1.54, 1.807) is 7.11 Å². The van der Waals surface area contributed by atoms with Crippen molar-refractivity contribution in [2.24, 2.45) is 0 Å². The summed E-state index contributed by atoms with van der Waals surface area (Å²) in [5.74, 6) is 0. The molecule has 0 saturated carbocycles. The van der Waals surface area contributed by atoms with Gasteiger partial charge in [0.05, 0.1) is 12.2 Å². The van der Waals surface area contributed by atoms with E-state index >= 15 is 0 Å². The zero-order valence-corrected chi connectivity index (χ0v) is 7.36. The molecule has 1 unspecified atom stereocenters. The monoisotopic (exact) mass is 174 g/mol. The zero-order valence-electron chi connectivity index (χ0n) is 7.36. The third kappa shape index (κ3) is 1.35. The minimum atomic E-state index is -0.136. The van der Waals surface area contributed by atoms with Gasteiger partial charge in [-0.15, -0.1) is 0 Å². The molecule has 70 valence electrons. The summed E-state index contributed by atoms with van der Waals surface area (Å²) < 4.78 is 21.4. The molecule has 0 N–H and O–H groups in total. The molecule has 4 nitrogen and oxygen atoms in total. The van der Waals surface area contributed by atoms with E-state index in [0.717, 1.165) is 6.42 Å². The van der Waals surface area contributed by atoms with Gasteiger partial charge < -0.3 is 18.9 Å². The number of methoxy groups -OCH3 is 1. The number of hydrogen-bond acceptors (Lipinski definition) is 4. The maximum atomic E-state index is 5.52. The van der Waals surface area contributed by atoms with Crippen molar-refractivity contribution in [3.8, 4) is 0 Å². The summed E-state index contributed by atoms with van der Waals surface area (Å²) in [6.07, 6.45) is 0.945. The van der Waals surface area contributed by atoms with E-state index in [0.29, 0.717) is 6.79 Å². The number of fused-ring (bicyclic) bond motifs is 1.